The van der Waals surface area contributed by atoms with Crippen LogP contribution in [0, 0.1) is 6.92 Å². The lowest BCUT2D eigenvalue weighted by Gasteiger charge is -2.36. The van der Waals surface area contributed by atoms with Crippen molar-refractivity contribution < 1.29 is 9.59 Å². The van der Waals surface area contributed by atoms with Crippen molar-refractivity contribution in [2.24, 2.45) is 0 Å². The molecule has 2 amide bonds. The lowest BCUT2D eigenvalue weighted by Crippen LogP contribution is -2.49. The highest BCUT2D eigenvalue weighted by molar-refractivity contribution is 6.01. The molecular formula is C29H29N5O2. The van der Waals surface area contributed by atoms with Gasteiger partial charge in [0, 0.05) is 73.1 Å². The molecule has 0 saturated carbocycles. The summed E-state index contributed by atoms with van der Waals surface area (Å²) in [4.78, 5) is 40.6. The number of piperazine rings is 1. The molecule has 4 aromatic rings. The number of aromatic nitrogens is 2. The predicted octanol–water partition coefficient (Wildman–Crippen LogP) is 4.16. The Morgan fingerprint density at radius 2 is 1.72 bits per heavy atom. The fourth-order valence-electron chi connectivity index (χ4n) is 5.66. The molecule has 0 unspecified atom stereocenters. The summed E-state index contributed by atoms with van der Waals surface area (Å²) < 4.78 is 0. The van der Waals surface area contributed by atoms with Gasteiger partial charge in [-0.15, -0.1) is 0 Å². The summed E-state index contributed by atoms with van der Waals surface area (Å²) in [5.74, 6) is 1.03. The SMILES string of the molecule is Cc1[nH]c2ccccc2c1[C@H]1c2ccccc2C(=O)N1CCC(=O)N1CCN(c2ccccn2)CC1. The fourth-order valence-corrected chi connectivity index (χ4v) is 5.66. The average Bonchev–Trinajstić information content (AvgIpc) is 3.40. The van der Waals surface area contributed by atoms with Crippen molar-refractivity contribution in [1.82, 2.24) is 19.8 Å². The van der Waals surface area contributed by atoms with Gasteiger partial charge in [0.1, 0.15) is 5.82 Å². The van der Waals surface area contributed by atoms with Gasteiger partial charge in [-0.1, -0.05) is 42.5 Å². The summed E-state index contributed by atoms with van der Waals surface area (Å²) in [7, 11) is 0. The maximum Gasteiger partial charge on any atom is 0.255 e. The Kier molecular flexibility index (Phi) is 5.68. The van der Waals surface area contributed by atoms with E-state index in [1.165, 1.54) is 0 Å². The summed E-state index contributed by atoms with van der Waals surface area (Å²) in [5, 5.41) is 1.12. The Balaban J connectivity index is 1.21. The zero-order valence-corrected chi connectivity index (χ0v) is 20.4. The summed E-state index contributed by atoms with van der Waals surface area (Å²) >= 11 is 0. The molecular weight excluding hydrogens is 450 g/mol. The van der Waals surface area contributed by atoms with E-state index in [9.17, 15) is 9.59 Å². The van der Waals surface area contributed by atoms with Crippen LogP contribution in [0.5, 0.6) is 0 Å². The molecule has 0 bridgehead atoms. The van der Waals surface area contributed by atoms with E-state index in [1.807, 2.05) is 64.4 Å². The van der Waals surface area contributed by atoms with E-state index in [4.69, 9.17) is 0 Å². The van der Waals surface area contributed by atoms with Gasteiger partial charge in [0.05, 0.1) is 6.04 Å². The molecule has 36 heavy (non-hydrogen) atoms. The van der Waals surface area contributed by atoms with Gasteiger partial charge in [0.15, 0.2) is 0 Å². The Morgan fingerprint density at radius 3 is 2.53 bits per heavy atom. The molecule has 0 aliphatic carbocycles. The quantitative estimate of drug-likeness (QED) is 0.467. The van der Waals surface area contributed by atoms with Crippen molar-refractivity contribution in [3.63, 3.8) is 0 Å². The van der Waals surface area contributed by atoms with E-state index in [0.29, 0.717) is 26.1 Å². The van der Waals surface area contributed by atoms with E-state index in [-0.39, 0.29) is 17.9 Å². The Hall–Kier alpha value is -4.13. The molecule has 2 aromatic carbocycles. The number of H-pyrrole nitrogens is 1. The number of nitrogens with zero attached hydrogens (tertiary/aromatic N) is 4. The normalized spacial score (nSPS) is 17.6. The molecule has 1 fully saturated rings. The zero-order chi connectivity index (χ0) is 24.6. The molecule has 7 nitrogen and oxygen atoms in total. The number of carbonyl (C=O) groups is 2. The predicted molar refractivity (Wildman–Crippen MR) is 140 cm³/mol. The van der Waals surface area contributed by atoms with Crippen LogP contribution >= 0.6 is 0 Å². The minimum absolute atomic E-state index is 0.00643. The minimum Gasteiger partial charge on any atom is -0.358 e. The first-order chi connectivity index (χ1) is 17.6. The van der Waals surface area contributed by atoms with Crippen LogP contribution in [0.1, 0.15) is 39.6 Å². The number of anilines is 1. The Bertz CT molecular complexity index is 1420. The van der Waals surface area contributed by atoms with E-state index in [1.54, 1.807) is 6.20 Å². The Morgan fingerprint density at radius 1 is 0.972 bits per heavy atom. The summed E-state index contributed by atoms with van der Waals surface area (Å²) in [6, 6.07) is 21.7. The first kappa shape index (κ1) is 22.3. The molecule has 2 aliphatic rings. The van der Waals surface area contributed by atoms with Gasteiger partial charge in [0.2, 0.25) is 5.91 Å². The number of amides is 2. The highest BCUT2D eigenvalue weighted by Gasteiger charge is 2.39. The number of aryl methyl sites for hydroxylation is 1. The van der Waals surface area contributed by atoms with Crippen molar-refractivity contribution in [2.75, 3.05) is 37.6 Å². The third kappa shape index (κ3) is 3.81. The monoisotopic (exact) mass is 479 g/mol. The smallest absolute Gasteiger partial charge is 0.255 e. The highest BCUT2D eigenvalue weighted by Crippen LogP contribution is 2.42. The third-order valence-corrected chi connectivity index (χ3v) is 7.45. The standard InChI is InChI=1S/C29H29N5O2/c1-20-27(23-10-4-5-11-24(23)31-20)28-21-8-2-3-9-22(21)29(36)34(28)15-13-26(35)33-18-16-32(17-19-33)25-12-6-7-14-30-25/h2-12,14,28,31H,13,15-19H2,1H3/t28-/m1/s1. The van der Waals surface area contributed by atoms with Crippen LogP contribution < -0.4 is 4.90 Å². The summed E-state index contributed by atoms with van der Waals surface area (Å²) in [6.07, 6.45) is 2.10. The maximum atomic E-state index is 13.5. The van der Waals surface area contributed by atoms with Gasteiger partial charge < -0.3 is 19.7 Å². The fraction of sp³-hybridized carbons (Fsp3) is 0.276. The molecule has 1 saturated heterocycles. The van der Waals surface area contributed by atoms with E-state index in [0.717, 1.165) is 52.2 Å². The van der Waals surface area contributed by atoms with Crippen molar-refractivity contribution in [2.45, 2.75) is 19.4 Å². The van der Waals surface area contributed by atoms with Crippen LogP contribution in [0.25, 0.3) is 10.9 Å². The van der Waals surface area contributed by atoms with E-state index >= 15 is 0 Å². The molecule has 6 rings (SSSR count). The molecule has 2 aliphatic heterocycles. The molecule has 2 aromatic heterocycles. The van der Waals surface area contributed by atoms with Crippen LogP contribution in [-0.4, -0.2) is 64.3 Å². The molecule has 1 atom stereocenters. The lowest BCUT2D eigenvalue weighted by molar-refractivity contribution is -0.131. The van der Waals surface area contributed by atoms with Gasteiger partial charge >= 0.3 is 0 Å². The van der Waals surface area contributed by atoms with Crippen LogP contribution in [0.4, 0.5) is 5.82 Å². The number of benzene rings is 2. The van der Waals surface area contributed by atoms with Crippen LogP contribution in [0.15, 0.2) is 72.9 Å². The van der Waals surface area contributed by atoms with Crippen molar-refractivity contribution in [3.8, 4) is 0 Å². The number of hydrogen-bond acceptors (Lipinski definition) is 4. The first-order valence-corrected chi connectivity index (χ1v) is 12.5. The number of fused-ring (bicyclic) bond motifs is 2. The number of aromatic amines is 1. The second kappa shape index (κ2) is 9.15. The number of nitrogens with one attached hydrogen (secondary N) is 1. The van der Waals surface area contributed by atoms with Gasteiger partial charge in [-0.05, 0) is 36.8 Å². The molecule has 0 spiro atoms. The van der Waals surface area contributed by atoms with Crippen LogP contribution in [-0.2, 0) is 4.79 Å². The molecule has 182 valence electrons. The second-order valence-corrected chi connectivity index (χ2v) is 9.50. The maximum absolute atomic E-state index is 13.5. The lowest BCUT2D eigenvalue weighted by atomic mass is 9.95. The molecule has 4 heterocycles. The van der Waals surface area contributed by atoms with E-state index in [2.05, 4.69) is 33.9 Å². The van der Waals surface area contributed by atoms with E-state index < -0.39 is 0 Å². The number of carbonyl (C=O) groups excluding carboxylic acids is 2. The second-order valence-electron chi connectivity index (χ2n) is 9.50. The van der Waals surface area contributed by atoms with Crippen molar-refractivity contribution in [3.05, 3.63) is 95.3 Å². The minimum atomic E-state index is -0.210. The molecule has 7 heteroatoms. The zero-order valence-electron chi connectivity index (χ0n) is 20.4. The average molecular weight is 480 g/mol. The van der Waals surface area contributed by atoms with Crippen LogP contribution in [0.3, 0.4) is 0 Å². The summed E-state index contributed by atoms with van der Waals surface area (Å²) in [6.45, 7) is 5.28. The number of hydrogen-bond donors (Lipinski definition) is 1. The van der Waals surface area contributed by atoms with Gasteiger partial charge in [-0.3, -0.25) is 9.59 Å². The molecule has 1 N–H and O–H groups in total. The van der Waals surface area contributed by atoms with Crippen molar-refractivity contribution in [1.29, 1.82) is 0 Å². The largest absolute Gasteiger partial charge is 0.358 e. The third-order valence-electron chi connectivity index (χ3n) is 7.45. The van der Waals surface area contributed by atoms with Gasteiger partial charge in [-0.2, -0.15) is 0 Å². The Labute approximate surface area is 210 Å². The highest BCUT2D eigenvalue weighted by atomic mass is 16.2. The first-order valence-electron chi connectivity index (χ1n) is 12.5. The van der Waals surface area contributed by atoms with Crippen LogP contribution in [0.2, 0.25) is 0 Å². The summed E-state index contributed by atoms with van der Waals surface area (Å²) in [5.41, 5.74) is 4.95. The van der Waals surface area contributed by atoms with Crippen molar-refractivity contribution >= 4 is 28.5 Å². The number of pyridine rings is 1. The molecule has 0 radical (unpaired) electrons. The topological polar surface area (TPSA) is 72.5 Å². The number of para-hydroxylation sites is 1. The van der Waals surface area contributed by atoms with Gasteiger partial charge in [0.25, 0.3) is 5.91 Å². The number of rotatable bonds is 5. The van der Waals surface area contributed by atoms with Gasteiger partial charge in [-0.25, -0.2) is 4.98 Å².